The van der Waals surface area contributed by atoms with Gasteiger partial charge in [-0.1, -0.05) is 5.92 Å². The van der Waals surface area contributed by atoms with Crippen molar-refractivity contribution in [2.24, 2.45) is 0 Å². The number of benzene rings is 1. The van der Waals surface area contributed by atoms with Crippen LogP contribution in [0.3, 0.4) is 0 Å². The molecule has 1 atom stereocenters. The molecule has 3 heterocycles. The molecule has 116 valence electrons. The summed E-state index contributed by atoms with van der Waals surface area (Å²) >= 11 is 0. The first-order valence-corrected chi connectivity index (χ1v) is 7.05. The lowest BCUT2D eigenvalue weighted by molar-refractivity contribution is 0.189. The van der Waals surface area contributed by atoms with Crippen molar-refractivity contribution in [1.29, 1.82) is 0 Å². The Labute approximate surface area is 130 Å². The molecule has 0 unspecified atom stereocenters. The second kappa shape index (κ2) is 5.18. The van der Waals surface area contributed by atoms with Gasteiger partial charge in [0, 0.05) is 12.1 Å². The third-order valence-corrected chi connectivity index (χ3v) is 3.91. The highest BCUT2D eigenvalue weighted by Gasteiger charge is 2.34. The Morgan fingerprint density at radius 1 is 1.26 bits per heavy atom. The number of nitrogens with zero attached hydrogens (tertiary/aromatic N) is 3. The quantitative estimate of drug-likeness (QED) is 0.683. The van der Waals surface area contributed by atoms with Gasteiger partial charge in [-0.2, -0.15) is 4.98 Å². The van der Waals surface area contributed by atoms with Crippen LogP contribution in [-0.4, -0.2) is 28.9 Å². The van der Waals surface area contributed by atoms with Crippen LogP contribution in [0.4, 0.5) is 14.6 Å². The summed E-state index contributed by atoms with van der Waals surface area (Å²) in [5, 5.41) is 0. The zero-order valence-corrected chi connectivity index (χ0v) is 11.9. The van der Waals surface area contributed by atoms with E-state index in [4.69, 9.17) is 4.74 Å². The molecule has 0 aliphatic carbocycles. The molecule has 1 aromatic carbocycles. The lowest BCUT2D eigenvalue weighted by Crippen LogP contribution is -2.26. The van der Waals surface area contributed by atoms with Crippen LogP contribution >= 0.6 is 0 Å². The van der Waals surface area contributed by atoms with Gasteiger partial charge in [-0.15, -0.1) is 0 Å². The molecule has 7 heteroatoms. The summed E-state index contributed by atoms with van der Waals surface area (Å²) in [7, 11) is 0. The molecule has 0 N–H and O–H groups in total. The highest BCUT2D eigenvalue weighted by atomic mass is 19.1. The van der Waals surface area contributed by atoms with Gasteiger partial charge in [0.1, 0.15) is 29.9 Å². The summed E-state index contributed by atoms with van der Waals surface area (Å²) < 4.78 is 33.4. The molecule has 0 spiro atoms. The summed E-state index contributed by atoms with van der Waals surface area (Å²) in [6.45, 7) is 1.54. The van der Waals surface area contributed by atoms with E-state index in [0.717, 1.165) is 12.1 Å². The molecule has 5 nitrogen and oxygen atoms in total. The van der Waals surface area contributed by atoms with Gasteiger partial charge in [0.05, 0.1) is 24.8 Å². The zero-order valence-electron chi connectivity index (χ0n) is 11.9. The van der Waals surface area contributed by atoms with Crippen LogP contribution in [0.1, 0.15) is 11.3 Å². The van der Waals surface area contributed by atoms with E-state index in [0.29, 0.717) is 25.7 Å². The first-order chi connectivity index (χ1) is 11.1. The first kappa shape index (κ1) is 13.9. The van der Waals surface area contributed by atoms with Gasteiger partial charge in [0.2, 0.25) is 0 Å². The summed E-state index contributed by atoms with van der Waals surface area (Å²) in [5.74, 6) is 4.54. The maximum Gasteiger partial charge on any atom is 0.350 e. The van der Waals surface area contributed by atoms with Crippen molar-refractivity contribution >= 4 is 5.82 Å². The van der Waals surface area contributed by atoms with Crippen LogP contribution in [0, 0.1) is 23.5 Å². The zero-order chi connectivity index (χ0) is 16.0. The SMILES string of the molecule is O=c1nc(C#Cc2ccc(F)cc2F)cc2n1C[C@H]1COCN21. The molecule has 1 aromatic heterocycles. The fourth-order valence-electron chi connectivity index (χ4n) is 2.79. The minimum atomic E-state index is -0.747. The number of fused-ring (bicyclic) bond motifs is 3. The van der Waals surface area contributed by atoms with Crippen LogP contribution < -0.4 is 10.6 Å². The molecule has 1 saturated heterocycles. The van der Waals surface area contributed by atoms with Crippen molar-refractivity contribution in [3.8, 4) is 11.8 Å². The highest BCUT2D eigenvalue weighted by molar-refractivity contribution is 5.50. The third kappa shape index (κ3) is 2.37. The molecule has 0 amide bonds. The van der Waals surface area contributed by atoms with Crippen molar-refractivity contribution in [2.45, 2.75) is 12.6 Å². The fraction of sp³-hybridized carbons (Fsp3) is 0.250. The molecular weight excluding hydrogens is 304 g/mol. The second-order valence-corrected chi connectivity index (χ2v) is 5.39. The molecule has 23 heavy (non-hydrogen) atoms. The van der Waals surface area contributed by atoms with Gasteiger partial charge in [-0.05, 0) is 18.1 Å². The van der Waals surface area contributed by atoms with E-state index in [1.807, 2.05) is 4.90 Å². The maximum atomic E-state index is 13.6. The van der Waals surface area contributed by atoms with Gasteiger partial charge >= 0.3 is 5.69 Å². The molecule has 4 rings (SSSR count). The van der Waals surface area contributed by atoms with Crippen molar-refractivity contribution in [2.75, 3.05) is 18.2 Å². The predicted octanol–water partition coefficient (Wildman–Crippen LogP) is 1.10. The smallest absolute Gasteiger partial charge is 0.350 e. The average molecular weight is 315 g/mol. The van der Waals surface area contributed by atoms with Crippen LogP contribution in [0.15, 0.2) is 29.1 Å². The second-order valence-electron chi connectivity index (χ2n) is 5.39. The number of aromatic nitrogens is 2. The van der Waals surface area contributed by atoms with Gasteiger partial charge in [-0.25, -0.2) is 13.6 Å². The van der Waals surface area contributed by atoms with Crippen molar-refractivity contribution in [3.63, 3.8) is 0 Å². The van der Waals surface area contributed by atoms with Gasteiger partial charge in [0.15, 0.2) is 0 Å². The maximum absolute atomic E-state index is 13.6. The number of hydrogen-bond acceptors (Lipinski definition) is 4. The Balaban J connectivity index is 1.72. The Morgan fingerprint density at radius 2 is 2.13 bits per heavy atom. The third-order valence-electron chi connectivity index (χ3n) is 3.91. The van der Waals surface area contributed by atoms with E-state index >= 15 is 0 Å². The van der Waals surface area contributed by atoms with E-state index in [1.54, 1.807) is 10.6 Å². The normalized spacial score (nSPS) is 18.3. The molecule has 1 fully saturated rings. The highest BCUT2D eigenvalue weighted by Crippen LogP contribution is 2.27. The minimum Gasteiger partial charge on any atom is -0.359 e. The van der Waals surface area contributed by atoms with Gasteiger partial charge < -0.3 is 9.64 Å². The van der Waals surface area contributed by atoms with E-state index in [-0.39, 0.29) is 23.0 Å². The fourth-order valence-corrected chi connectivity index (χ4v) is 2.79. The topological polar surface area (TPSA) is 47.4 Å². The number of rotatable bonds is 0. The van der Waals surface area contributed by atoms with E-state index in [9.17, 15) is 13.6 Å². The van der Waals surface area contributed by atoms with Crippen molar-refractivity contribution in [3.05, 3.63) is 57.6 Å². The number of hydrogen-bond donors (Lipinski definition) is 0. The van der Waals surface area contributed by atoms with Crippen molar-refractivity contribution in [1.82, 2.24) is 9.55 Å². The number of halogens is 2. The van der Waals surface area contributed by atoms with E-state index < -0.39 is 11.6 Å². The molecule has 0 saturated carbocycles. The van der Waals surface area contributed by atoms with E-state index in [2.05, 4.69) is 16.8 Å². The molecule has 0 radical (unpaired) electrons. The Morgan fingerprint density at radius 3 is 2.96 bits per heavy atom. The summed E-state index contributed by atoms with van der Waals surface area (Å²) in [6, 6.07) is 4.97. The van der Waals surface area contributed by atoms with Gasteiger partial charge in [0.25, 0.3) is 0 Å². The van der Waals surface area contributed by atoms with Crippen LogP contribution in [0.5, 0.6) is 0 Å². The number of ether oxygens (including phenoxy) is 1. The van der Waals surface area contributed by atoms with Crippen LogP contribution in [0.2, 0.25) is 0 Å². The first-order valence-electron chi connectivity index (χ1n) is 7.05. The summed E-state index contributed by atoms with van der Waals surface area (Å²) in [6.07, 6.45) is 0. The Hall–Kier alpha value is -2.72. The largest absolute Gasteiger partial charge is 0.359 e. The van der Waals surface area contributed by atoms with Crippen LogP contribution in [0.25, 0.3) is 0 Å². The molecule has 2 aliphatic heterocycles. The molecular formula is C16H11F2N3O2. The standard InChI is InChI=1S/C16H11F2N3O2/c17-11-3-1-10(14(18)5-11)2-4-12-6-15-20(16(22)19-12)7-13-8-23-9-21(13)15/h1,3,5-6,13H,7-9H2/t13-/m0/s1. The predicted molar refractivity (Wildman–Crippen MR) is 77.9 cm³/mol. The summed E-state index contributed by atoms with van der Waals surface area (Å²) in [5.41, 5.74) is -0.0884. The Kier molecular flexibility index (Phi) is 3.13. The van der Waals surface area contributed by atoms with Gasteiger partial charge in [-0.3, -0.25) is 4.57 Å². The van der Waals surface area contributed by atoms with Crippen LogP contribution in [-0.2, 0) is 11.3 Å². The lowest BCUT2D eigenvalue weighted by Gasteiger charge is -2.14. The molecule has 0 bridgehead atoms. The minimum absolute atomic E-state index is 0.0520. The average Bonchev–Trinajstić information content (AvgIpc) is 3.08. The van der Waals surface area contributed by atoms with E-state index in [1.165, 1.54) is 6.07 Å². The molecule has 2 aromatic rings. The summed E-state index contributed by atoms with van der Waals surface area (Å²) in [4.78, 5) is 18.0. The molecule has 2 aliphatic rings. The lowest BCUT2D eigenvalue weighted by atomic mass is 10.2. The number of anilines is 1. The van der Waals surface area contributed by atoms with Crippen molar-refractivity contribution < 1.29 is 13.5 Å². The Bertz CT molecular complexity index is 914. The monoisotopic (exact) mass is 315 g/mol.